The fraction of sp³-hybridized carbons (Fsp3) is 0.308. The molecule has 2 nitrogen and oxygen atoms in total. The molecule has 0 aliphatic heterocycles. The minimum Gasteiger partial charge on any atom is -0.478 e. The second kappa shape index (κ2) is 5.21. The van der Waals surface area contributed by atoms with Gasteiger partial charge in [-0.2, -0.15) is 0 Å². The van der Waals surface area contributed by atoms with E-state index >= 15 is 0 Å². The number of benzene rings is 1. The van der Waals surface area contributed by atoms with E-state index < -0.39 is 5.97 Å². The monoisotopic (exact) mass is 236 g/mol. The molecular formula is C13H16O2S. The van der Waals surface area contributed by atoms with Crippen molar-refractivity contribution in [3.8, 4) is 0 Å². The van der Waals surface area contributed by atoms with Gasteiger partial charge in [-0.25, -0.2) is 4.79 Å². The van der Waals surface area contributed by atoms with Gasteiger partial charge < -0.3 is 5.11 Å². The molecule has 0 radical (unpaired) electrons. The molecule has 0 spiro atoms. The highest BCUT2D eigenvalue weighted by Gasteiger charge is 2.12. The van der Waals surface area contributed by atoms with Gasteiger partial charge in [-0.15, -0.1) is 0 Å². The molecular weight excluding hydrogens is 220 g/mol. The Balaban J connectivity index is 2.69. The van der Waals surface area contributed by atoms with Gasteiger partial charge in [0.05, 0.1) is 0 Å². The Labute approximate surface area is 100 Å². The van der Waals surface area contributed by atoms with E-state index in [0.29, 0.717) is 0 Å². The summed E-state index contributed by atoms with van der Waals surface area (Å²) in [6.07, 6.45) is 1.14. The SMILES string of the molecule is CC(C)(C)c1ccc(S/C=C\C(=O)O)cc1. The van der Waals surface area contributed by atoms with Crippen molar-refractivity contribution in [1.82, 2.24) is 0 Å². The first kappa shape index (κ1) is 12.8. The molecule has 0 bridgehead atoms. The first-order valence-electron chi connectivity index (χ1n) is 5.06. The van der Waals surface area contributed by atoms with Crippen LogP contribution in [0, 0.1) is 0 Å². The normalized spacial score (nSPS) is 11.9. The molecule has 0 unspecified atom stereocenters. The van der Waals surface area contributed by atoms with Crippen molar-refractivity contribution in [2.75, 3.05) is 0 Å². The quantitative estimate of drug-likeness (QED) is 0.642. The second-order valence-electron chi connectivity index (χ2n) is 4.53. The van der Waals surface area contributed by atoms with Gasteiger partial charge in [-0.3, -0.25) is 0 Å². The average molecular weight is 236 g/mol. The summed E-state index contributed by atoms with van der Waals surface area (Å²) in [6, 6.07) is 8.18. The average Bonchev–Trinajstić information content (AvgIpc) is 2.16. The topological polar surface area (TPSA) is 37.3 Å². The highest BCUT2D eigenvalue weighted by molar-refractivity contribution is 8.02. The van der Waals surface area contributed by atoms with Crippen molar-refractivity contribution < 1.29 is 9.90 Å². The van der Waals surface area contributed by atoms with E-state index in [0.717, 1.165) is 11.0 Å². The van der Waals surface area contributed by atoms with E-state index in [9.17, 15) is 4.79 Å². The third-order valence-corrected chi connectivity index (χ3v) is 2.95. The summed E-state index contributed by atoms with van der Waals surface area (Å²) >= 11 is 1.41. The van der Waals surface area contributed by atoms with Gasteiger partial charge in [0, 0.05) is 11.0 Å². The third-order valence-electron chi connectivity index (χ3n) is 2.14. The van der Waals surface area contributed by atoms with Crippen LogP contribution in [0.2, 0.25) is 0 Å². The van der Waals surface area contributed by atoms with Crippen LogP contribution in [0.4, 0.5) is 0 Å². The number of carbonyl (C=O) groups is 1. The summed E-state index contributed by atoms with van der Waals surface area (Å²) in [5.41, 5.74) is 1.43. The lowest BCUT2D eigenvalue weighted by Crippen LogP contribution is -2.10. The molecule has 0 aromatic heterocycles. The maximum Gasteiger partial charge on any atom is 0.328 e. The molecule has 1 aromatic rings. The molecule has 0 saturated heterocycles. The highest BCUT2D eigenvalue weighted by atomic mass is 32.2. The van der Waals surface area contributed by atoms with Gasteiger partial charge in [0.1, 0.15) is 0 Å². The lowest BCUT2D eigenvalue weighted by Gasteiger charge is -2.18. The van der Waals surface area contributed by atoms with Gasteiger partial charge >= 0.3 is 5.97 Å². The Bertz CT molecular complexity index is 385. The van der Waals surface area contributed by atoms with Gasteiger partial charge in [-0.05, 0) is 28.5 Å². The molecule has 1 aromatic carbocycles. The van der Waals surface area contributed by atoms with Crippen LogP contribution in [0.25, 0.3) is 0 Å². The van der Waals surface area contributed by atoms with E-state index in [2.05, 4.69) is 32.9 Å². The Hall–Kier alpha value is -1.22. The van der Waals surface area contributed by atoms with Crippen molar-refractivity contribution in [3.63, 3.8) is 0 Å². The highest BCUT2D eigenvalue weighted by Crippen LogP contribution is 2.25. The molecule has 0 fully saturated rings. The molecule has 0 heterocycles. The fourth-order valence-corrected chi connectivity index (χ4v) is 1.84. The fourth-order valence-electron chi connectivity index (χ4n) is 1.20. The van der Waals surface area contributed by atoms with Crippen molar-refractivity contribution in [1.29, 1.82) is 0 Å². The molecule has 0 aliphatic rings. The number of thioether (sulfide) groups is 1. The summed E-state index contributed by atoms with van der Waals surface area (Å²) in [7, 11) is 0. The first-order valence-corrected chi connectivity index (χ1v) is 5.94. The maximum atomic E-state index is 10.3. The van der Waals surface area contributed by atoms with Crippen molar-refractivity contribution in [3.05, 3.63) is 41.3 Å². The first-order chi connectivity index (χ1) is 7.39. The second-order valence-corrected chi connectivity index (χ2v) is 5.51. The van der Waals surface area contributed by atoms with Crippen LogP contribution in [0.15, 0.2) is 40.6 Å². The summed E-state index contributed by atoms with van der Waals surface area (Å²) in [4.78, 5) is 11.3. The standard InChI is InChI=1S/C13H16O2S/c1-13(2,3)10-4-6-11(7-5-10)16-9-8-12(14)15/h4-9H,1-3H3,(H,14,15)/b9-8-. The minimum atomic E-state index is -0.918. The molecule has 3 heteroatoms. The van der Waals surface area contributed by atoms with Gasteiger partial charge in [0.15, 0.2) is 0 Å². The van der Waals surface area contributed by atoms with Crippen LogP contribution in [-0.4, -0.2) is 11.1 Å². The van der Waals surface area contributed by atoms with Gasteiger partial charge in [0.2, 0.25) is 0 Å². The minimum absolute atomic E-state index is 0.153. The number of rotatable bonds is 3. The Morgan fingerprint density at radius 2 is 1.81 bits per heavy atom. The molecule has 1 rings (SSSR count). The predicted molar refractivity (Wildman–Crippen MR) is 67.8 cm³/mol. The summed E-state index contributed by atoms with van der Waals surface area (Å²) < 4.78 is 0. The summed E-state index contributed by atoms with van der Waals surface area (Å²) in [5.74, 6) is -0.918. The molecule has 1 N–H and O–H groups in total. The van der Waals surface area contributed by atoms with Gasteiger partial charge in [-0.1, -0.05) is 44.7 Å². The summed E-state index contributed by atoms with van der Waals surface area (Å²) in [6.45, 7) is 6.50. The van der Waals surface area contributed by atoms with E-state index in [4.69, 9.17) is 5.11 Å². The van der Waals surface area contributed by atoms with Crippen LogP contribution in [0.5, 0.6) is 0 Å². The lowest BCUT2D eigenvalue weighted by molar-refractivity contribution is -0.131. The van der Waals surface area contributed by atoms with E-state index in [1.54, 1.807) is 5.41 Å². The molecule has 0 saturated carbocycles. The smallest absolute Gasteiger partial charge is 0.328 e. The number of carboxylic acids is 1. The van der Waals surface area contributed by atoms with E-state index in [1.807, 2.05) is 12.1 Å². The van der Waals surface area contributed by atoms with Crippen LogP contribution < -0.4 is 0 Å². The van der Waals surface area contributed by atoms with Crippen molar-refractivity contribution in [2.45, 2.75) is 31.1 Å². The van der Waals surface area contributed by atoms with Gasteiger partial charge in [0.25, 0.3) is 0 Å². The number of carboxylic acid groups (broad SMARTS) is 1. The zero-order chi connectivity index (χ0) is 12.2. The van der Waals surface area contributed by atoms with Crippen molar-refractivity contribution in [2.24, 2.45) is 0 Å². The molecule has 0 amide bonds. The Kier molecular flexibility index (Phi) is 4.19. The van der Waals surface area contributed by atoms with Crippen LogP contribution in [0.1, 0.15) is 26.3 Å². The summed E-state index contributed by atoms with van der Waals surface area (Å²) in [5, 5.41) is 10.0. The molecule has 86 valence electrons. The largest absolute Gasteiger partial charge is 0.478 e. The maximum absolute atomic E-state index is 10.3. The predicted octanol–water partition coefficient (Wildman–Crippen LogP) is 3.67. The molecule has 0 atom stereocenters. The molecule has 0 aliphatic carbocycles. The van der Waals surface area contributed by atoms with Crippen LogP contribution >= 0.6 is 11.8 Å². The van der Waals surface area contributed by atoms with Crippen LogP contribution in [0.3, 0.4) is 0 Å². The molecule has 16 heavy (non-hydrogen) atoms. The Morgan fingerprint density at radius 1 is 1.25 bits per heavy atom. The van der Waals surface area contributed by atoms with Crippen molar-refractivity contribution >= 4 is 17.7 Å². The zero-order valence-electron chi connectivity index (χ0n) is 9.73. The third kappa shape index (κ3) is 4.11. The Morgan fingerprint density at radius 3 is 2.25 bits per heavy atom. The lowest BCUT2D eigenvalue weighted by atomic mass is 9.87. The number of hydrogen-bond acceptors (Lipinski definition) is 2. The number of aliphatic carboxylic acids is 1. The van der Waals surface area contributed by atoms with E-state index in [-0.39, 0.29) is 5.41 Å². The van der Waals surface area contributed by atoms with E-state index in [1.165, 1.54) is 17.3 Å². The van der Waals surface area contributed by atoms with Crippen LogP contribution in [-0.2, 0) is 10.2 Å². The zero-order valence-corrected chi connectivity index (χ0v) is 10.5. The number of hydrogen-bond donors (Lipinski definition) is 1.